The minimum absolute atomic E-state index is 0.128. The number of aromatic amines is 1. The van der Waals surface area contributed by atoms with Crippen LogP contribution in [-0.2, 0) is 18.5 Å². The van der Waals surface area contributed by atoms with E-state index in [2.05, 4.69) is 47.2 Å². The van der Waals surface area contributed by atoms with Gasteiger partial charge in [-0.2, -0.15) is 10.1 Å². The Kier molecular flexibility index (Phi) is 3.09. The lowest BCUT2D eigenvalue weighted by Gasteiger charge is -2.27. The maximum atomic E-state index is 12.4. The van der Waals surface area contributed by atoms with Crippen LogP contribution in [0, 0.1) is 0 Å². The molecule has 23 heavy (non-hydrogen) atoms. The fourth-order valence-corrected chi connectivity index (χ4v) is 3.87. The second-order valence-electron chi connectivity index (χ2n) is 6.89. The number of nitrogens with one attached hydrogen (secondary N) is 1. The topological polar surface area (TPSA) is 66.8 Å². The van der Waals surface area contributed by atoms with Gasteiger partial charge < -0.3 is 4.90 Å². The van der Waals surface area contributed by atoms with Crippen LogP contribution in [0.4, 0.5) is 5.95 Å². The summed E-state index contributed by atoms with van der Waals surface area (Å²) in [5.74, 6) is 0.630. The van der Waals surface area contributed by atoms with Gasteiger partial charge in [0, 0.05) is 18.0 Å². The van der Waals surface area contributed by atoms with Crippen LogP contribution in [0.15, 0.2) is 22.4 Å². The third kappa shape index (κ3) is 2.35. The summed E-state index contributed by atoms with van der Waals surface area (Å²) in [6, 6.07) is 2.15. The van der Waals surface area contributed by atoms with Gasteiger partial charge in [0.15, 0.2) is 5.65 Å². The summed E-state index contributed by atoms with van der Waals surface area (Å²) in [4.78, 5) is 23.6. The van der Waals surface area contributed by atoms with E-state index in [9.17, 15) is 4.79 Å². The molecule has 120 valence electrons. The maximum absolute atomic E-state index is 12.4. The number of hydrogen-bond donors (Lipinski definition) is 1. The predicted molar refractivity (Wildman–Crippen MR) is 92.2 cm³/mol. The normalized spacial score (nSPS) is 15.2. The van der Waals surface area contributed by atoms with Crippen molar-refractivity contribution in [2.45, 2.75) is 39.3 Å². The molecule has 1 N–H and O–H groups in total. The van der Waals surface area contributed by atoms with E-state index in [0.29, 0.717) is 17.0 Å². The Labute approximate surface area is 137 Å². The van der Waals surface area contributed by atoms with Crippen LogP contribution in [0.3, 0.4) is 0 Å². The molecule has 6 nitrogen and oxygen atoms in total. The molecule has 0 aliphatic carbocycles. The average molecular weight is 329 g/mol. The summed E-state index contributed by atoms with van der Waals surface area (Å²) in [5, 5.41) is 7.02. The first-order chi connectivity index (χ1) is 10.9. The van der Waals surface area contributed by atoms with Crippen LogP contribution in [0.5, 0.6) is 0 Å². The lowest BCUT2D eigenvalue weighted by molar-refractivity contribution is 0.366. The highest BCUT2D eigenvalue weighted by atomic mass is 32.1. The minimum Gasteiger partial charge on any atom is -0.338 e. The fraction of sp³-hybridized carbons (Fsp3) is 0.438. The molecule has 0 saturated carbocycles. The van der Waals surface area contributed by atoms with Crippen molar-refractivity contribution in [2.24, 2.45) is 0 Å². The van der Waals surface area contributed by atoms with Crippen molar-refractivity contribution >= 4 is 28.3 Å². The molecule has 0 amide bonds. The summed E-state index contributed by atoms with van der Waals surface area (Å²) >= 11 is 1.80. The fourth-order valence-electron chi connectivity index (χ4n) is 2.98. The van der Waals surface area contributed by atoms with E-state index in [-0.39, 0.29) is 11.1 Å². The molecule has 3 aromatic heterocycles. The molecule has 4 heterocycles. The molecular weight excluding hydrogens is 310 g/mol. The van der Waals surface area contributed by atoms with E-state index >= 15 is 0 Å². The van der Waals surface area contributed by atoms with Gasteiger partial charge in [0.2, 0.25) is 5.95 Å². The smallest absolute Gasteiger partial charge is 0.263 e. The summed E-state index contributed by atoms with van der Waals surface area (Å²) in [5.41, 5.74) is 1.62. The number of anilines is 1. The molecule has 0 aromatic carbocycles. The standard InChI is InChI=1S/C16H19N5OS/c1-16(2,3)21-13-11(8-17-21)14(22)19-15(18-13)20-6-4-12-10(9-20)5-7-23-12/h5,7-8H,4,6,9H2,1-3H3,(H,18,19,22). The Morgan fingerprint density at radius 3 is 2.96 bits per heavy atom. The van der Waals surface area contributed by atoms with Crippen molar-refractivity contribution in [3.63, 3.8) is 0 Å². The van der Waals surface area contributed by atoms with Crippen LogP contribution in [-0.4, -0.2) is 26.3 Å². The van der Waals surface area contributed by atoms with Gasteiger partial charge in [-0.1, -0.05) is 0 Å². The zero-order valence-corrected chi connectivity index (χ0v) is 14.3. The lowest BCUT2D eigenvalue weighted by Crippen LogP contribution is -2.33. The van der Waals surface area contributed by atoms with Gasteiger partial charge in [0.25, 0.3) is 5.56 Å². The van der Waals surface area contributed by atoms with Gasteiger partial charge in [0.05, 0.1) is 11.7 Å². The van der Waals surface area contributed by atoms with Crippen LogP contribution >= 0.6 is 11.3 Å². The SMILES string of the molecule is CC(C)(C)n1ncc2c(=O)[nH]c(N3CCc4sccc4C3)nc21. The first-order valence-electron chi connectivity index (χ1n) is 7.72. The molecule has 3 aromatic rings. The average Bonchev–Trinajstić information content (AvgIpc) is 3.12. The van der Waals surface area contributed by atoms with Gasteiger partial charge in [-0.15, -0.1) is 11.3 Å². The van der Waals surface area contributed by atoms with Crippen LogP contribution in [0.2, 0.25) is 0 Å². The van der Waals surface area contributed by atoms with Crippen molar-refractivity contribution in [3.05, 3.63) is 38.4 Å². The highest BCUT2D eigenvalue weighted by Gasteiger charge is 2.23. The quantitative estimate of drug-likeness (QED) is 0.745. The predicted octanol–water partition coefficient (Wildman–Crippen LogP) is 2.50. The maximum Gasteiger partial charge on any atom is 0.263 e. The van der Waals surface area contributed by atoms with Gasteiger partial charge in [-0.25, -0.2) is 4.68 Å². The van der Waals surface area contributed by atoms with Crippen LogP contribution < -0.4 is 10.5 Å². The molecule has 0 atom stereocenters. The second kappa shape index (κ2) is 4.92. The lowest BCUT2D eigenvalue weighted by atomic mass is 10.1. The van der Waals surface area contributed by atoms with Gasteiger partial charge in [-0.3, -0.25) is 9.78 Å². The number of aromatic nitrogens is 4. The Morgan fingerprint density at radius 2 is 2.17 bits per heavy atom. The van der Waals surface area contributed by atoms with Crippen molar-refractivity contribution < 1.29 is 0 Å². The number of rotatable bonds is 1. The van der Waals surface area contributed by atoms with Crippen molar-refractivity contribution in [1.82, 2.24) is 19.7 Å². The summed E-state index contributed by atoms with van der Waals surface area (Å²) in [6.45, 7) is 7.82. The van der Waals surface area contributed by atoms with Gasteiger partial charge >= 0.3 is 0 Å². The first-order valence-corrected chi connectivity index (χ1v) is 8.60. The van der Waals surface area contributed by atoms with E-state index in [1.807, 2.05) is 4.68 Å². The largest absolute Gasteiger partial charge is 0.338 e. The Morgan fingerprint density at radius 1 is 1.35 bits per heavy atom. The molecule has 0 unspecified atom stereocenters. The molecule has 1 aliphatic rings. The molecule has 1 aliphatic heterocycles. The summed E-state index contributed by atoms with van der Waals surface area (Å²) in [7, 11) is 0. The number of hydrogen-bond acceptors (Lipinski definition) is 5. The third-order valence-electron chi connectivity index (χ3n) is 4.17. The Bertz CT molecular complexity index is 930. The molecule has 0 spiro atoms. The molecule has 0 bridgehead atoms. The highest BCUT2D eigenvalue weighted by molar-refractivity contribution is 7.10. The van der Waals surface area contributed by atoms with Crippen LogP contribution in [0.25, 0.3) is 11.0 Å². The zero-order chi connectivity index (χ0) is 16.2. The second-order valence-corrected chi connectivity index (χ2v) is 7.90. The van der Waals surface area contributed by atoms with Crippen molar-refractivity contribution in [1.29, 1.82) is 0 Å². The third-order valence-corrected chi connectivity index (χ3v) is 5.19. The number of nitrogens with zero attached hydrogens (tertiary/aromatic N) is 4. The summed E-state index contributed by atoms with van der Waals surface area (Å²) < 4.78 is 1.82. The molecule has 0 fully saturated rings. The highest BCUT2D eigenvalue weighted by Crippen LogP contribution is 2.26. The van der Waals surface area contributed by atoms with E-state index in [1.165, 1.54) is 10.4 Å². The minimum atomic E-state index is -0.220. The number of thiophene rings is 1. The molecule has 0 radical (unpaired) electrons. The summed E-state index contributed by atoms with van der Waals surface area (Å²) in [6.07, 6.45) is 2.59. The Hall–Kier alpha value is -2.15. The van der Waals surface area contributed by atoms with Gasteiger partial charge in [-0.05, 0) is 44.2 Å². The van der Waals surface area contributed by atoms with E-state index < -0.39 is 0 Å². The van der Waals surface area contributed by atoms with Crippen molar-refractivity contribution in [3.8, 4) is 0 Å². The zero-order valence-electron chi connectivity index (χ0n) is 13.5. The first kappa shape index (κ1) is 14.4. The number of fused-ring (bicyclic) bond motifs is 2. The Balaban J connectivity index is 1.81. The van der Waals surface area contributed by atoms with E-state index in [4.69, 9.17) is 4.98 Å². The molecular formula is C16H19N5OS. The molecule has 0 saturated heterocycles. The van der Waals surface area contributed by atoms with E-state index in [1.54, 1.807) is 17.5 Å². The van der Waals surface area contributed by atoms with Crippen LogP contribution in [0.1, 0.15) is 31.2 Å². The number of H-pyrrole nitrogens is 1. The molecule has 4 rings (SSSR count). The van der Waals surface area contributed by atoms with E-state index in [0.717, 1.165) is 19.5 Å². The monoisotopic (exact) mass is 329 g/mol. The molecule has 7 heteroatoms. The van der Waals surface area contributed by atoms with Gasteiger partial charge in [0.1, 0.15) is 5.39 Å². The van der Waals surface area contributed by atoms with Crippen molar-refractivity contribution in [2.75, 3.05) is 11.4 Å².